The van der Waals surface area contributed by atoms with E-state index in [2.05, 4.69) is 11.9 Å². The first-order valence-corrected chi connectivity index (χ1v) is 8.08. The minimum absolute atomic E-state index is 0.0105. The number of hydrogen-bond donors (Lipinski definition) is 1. The van der Waals surface area contributed by atoms with E-state index in [9.17, 15) is 19.2 Å². The number of nitrogens with zero attached hydrogens (tertiary/aromatic N) is 1. The zero-order valence-electron chi connectivity index (χ0n) is 14.4. The van der Waals surface area contributed by atoms with E-state index in [-0.39, 0.29) is 25.9 Å². The first-order chi connectivity index (χ1) is 12.4. The molecule has 1 aliphatic rings. The predicted molar refractivity (Wildman–Crippen MR) is 90.5 cm³/mol. The second-order valence-electron chi connectivity index (χ2n) is 5.77. The minimum atomic E-state index is -1.13. The van der Waals surface area contributed by atoms with Crippen LogP contribution in [0.15, 0.2) is 36.9 Å². The van der Waals surface area contributed by atoms with Gasteiger partial charge in [-0.3, -0.25) is 9.59 Å². The van der Waals surface area contributed by atoms with Crippen LogP contribution in [0.2, 0.25) is 0 Å². The Bertz CT molecular complexity index is 714. The largest absolute Gasteiger partial charge is 0.445 e. The standard InChI is InChI=1S/C18H20N2O6/c1-3-9-25-18(24)19-14(11-13-6-4-5-12(2)10-13)17(23)26-20-15(21)7-8-16(20)22/h3-6,10,14H,1,7-9,11H2,2H3,(H,19,24)/t14-/m1/s1. The summed E-state index contributed by atoms with van der Waals surface area (Å²) in [5.41, 5.74) is 1.75. The molecule has 1 N–H and O–H groups in total. The molecule has 8 nitrogen and oxygen atoms in total. The van der Waals surface area contributed by atoms with E-state index in [1.165, 1.54) is 6.08 Å². The van der Waals surface area contributed by atoms with Crippen molar-refractivity contribution in [1.29, 1.82) is 0 Å². The summed E-state index contributed by atoms with van der Waals surface area (Å²) in [7, 11) is 0. The number of rotatable bonds is 7. The zero-order valence-corrected chi connectivity index (χ0v) is 14.4. The van der Waals surface area contributed by atoms with Crippen LogP contribution in [0.5, 0.6) is 0 Å². The van der Waals surface area contributed by atoms with Gasteiger partial charge < -0.3 is 14.9 Å². The van der Waals surface area contributed by atoms with Crippen LogP contribution in [0.4, 0.5) is 4.79 Å². The Kier molecular flexibility index (Phi) is 6.48. The lowest BCUT2D eigenvalue weighted by molar-refractivity contribution is -0.198. The molecule has 1 aromatic carbocycles. The average molecular weight is 360 g/mol. The van der Waals surface area contributed by atoms with Crippen LogP contribution in [-0.4, -0.2) is 41.6 Å². The average Bonchev–Trinajstić information content (AvgIpc) is 2.91. The summed E-state index contributed by atoms with van der Waals surface area (Å²) in [4.78, 5) is 52.4. The smallest absolute Gasteiger partial charge is 0.408 e. The molecule has 2 rings (SSSR count). The van der Waals surface area contributed by atoms with Gasteiger partial charge in [0.15, 0.2) is 0 Å². The third-order valence-corrected chi connectivity index (χ3v) is 3.62. The number of ether oxygens (including phenoxy) is 1. The number of alkyl carbamates (subject to hydrolysis) is 1. The van der Waals surface area contributed by atoms with Gasteiger partial charge in [0.05, 0.1) is 0 Å². The van der Waals surface area contributed by atoms with E-state index in [0.717, 1.165) is 11.1 Å². The van der Waals surface area contributed by atoms with Gasteiger partial charge in [-0.2, -0.15) is 0 Å². The number of imide groups is 1. The number of carbonyl (C=O) groups excluding carboxylic acids is 4. The molecule has 1 saturated heterocycles. The van der Waals surface area contributed by atoms with E-state index < -0.39 is 29.9 Å². The monoisotopic (exact) mass is 360 g/mol. The summed E-state index contributed by atoms with van der Waals surface area (Å²) < 4.78 is 4.82. The molecular weight excluding hydrogens is 340 g/mol. The summed E-state index contributed by atoms with van der Waals surface area (Å²) in [5.74, 6) is -2.11. The molecule has 1 atom stereocenters. The molecule has 1 aliphatic heterocycles. The molecule has 8 heteroatoms. The summed E-state index contributed by atoms with van der Waals surface area (Å²) in [5, 5.41) is 2.84. The van der Waals surface area contributed by atoms with Crippen molar-refractivity contribution in [3.05, 3.63) is 48.0 Å². The highest BCUT2D eigenvalue weighted by Gasteiger charge is 2.35. The first kappa shape index (κ1) is 19.2. The highest BCUT2D eigenvalue weighted by Crippen LogP contribution is 2.14. The lowest BCUT2D eigenvalue weighted by Crippen LogP contribution is -2.46. The molecule has 0 aromatic heterocycles. The number of nitrogens with one attached hydrogen (secondary N) is 1. The van der Waals surface area contributed by atoms with Crippen LogP contribution >= 0.6 is 0 Å². The molecule has 0 spiro atoms. The van der Waals surface area contributed by atoms with Gasteiger partial charge in [-0.25, -0.2) is 9.59 Å². The third kappa shape index (κ3) is 5.17. The number of aryl methyl sites for hydroxylation is 1. The van der Waals surface area contributed by atoms with Crippen LogP contribution in [0, 0.1) is 6.92 Å². The second kappa shape index (κ2) is 8.80. The first-order valence-electron chi connectivity index (χ1n) is 8.08. The fraction of sp³-hybridized carbons (Fsp3) is 0.333. The Morgan fingerprint density at radius 1 is 1.31 bits per heavy atom. The molecule has 0 saturated carbocycles. The second-order valence-corrected chi connectivity index (χ2v) is 5.77. The molecular formula is C18H20N2O6. The fourth-order valence-corrected chi connectivity index (χ4v) is 2.40. The summed E-state index contributed by atoms with van der Waals surface area (Å²) >= 11 is 0. The van der Waals surface area contributed by atoms with Crippen molar-refractivity contribution in [2.75, 3.05) is 6.61 Å². The van der Waals surface area contributed by atoms with Crippen LogP contribution in [0.25, 0.3) is 0 Å². The van der Waals surface area contributed by atoms with Crippen molar-refractivity contribution in [2.24, 2.45) is 0 Å². The summed E-state index contributed by atoms with van der Waals surface area (Å²) in [6.07, 6.45) is 0.639. The van der Waals surface area contributed by atoms with E-state index >= 15 is 0 Å². The van der Waals surface area contributed by atoms with Crippen LogP contribution in [-0.2, 0) is 30.4 Å². The van der Waals surface area contributed by atoms with Gasteiger partial charge >= 0.3 is 12.1 Å². The highest BCUT2D eigenvalue weighted by molar-refractivity contribution is 6.01. The number of amides is 3. The van der Waals surface area contributed by atoms with Crippen molar-refractivity contribution >= 4 is 23.9 Å². The number of benzene rings is 1. The molecule has 3 amide bonds. The topological polar surface area (TPSA) is 102 Å². The van der Waals surface area contributed by atoms with E-state index in [1.54, 1.807) is 6.07 Å². The molecule has 1 fully saturated rings. The maximum absolute atomic E-state index is 12.4. The van der Waals surface area contributed by atoms with Gasteiger partial charge in [0.2, 0.25) is 0 Å². The number of hydroxylamine groups is 2. The van der Waals surface area contributed by atoms with E-state index in [4.69, 9.17) is 9.57 Å². The molecule has 0 unspecified atom stereocenters. The lowest BCUT2D eigenvalue weighted by Gasteiger charge is -2.20. The number of hydrogen-bond acceptors (Lipinski definition) is 6. The van der Waals surface area contributed by atoms with E-state index in [1.807, 2.05) is 25.1 Å². The molecule has 0 radical (unpaired) electrons. The zero-order chi connectivity index (χ0) is 19.1. The minimum Gasteiger partial charge on any atom is -0.445 e. The van der Waals surface area contributed by atoms with Crippen LogP contribution in [0.1, 0.15) is 24.0 Å². The van der Waals surface area contributed by atoms with Crippen molar-refractivity contribution in [1.82, 2.24) is 10.4 Å². The molecule has 1 aromatic rings. The fourth-order valence-electron chi connectivity index (χ4n) is 2.40. The molecule has 0 aliphatic carbocycles. The van der Waals surface area contributed by atoms with Gasteiger partial charge in [-0.1, -0.05) is 42.5 Å². The Labute approximate surface area is 150 Å². The van der Waals surface area contributed by atoms with Gasteiger partial charge in [-0.15, -0.1) is 5.06 Å². The molecule has 1 heterocycles. The normalized spacial score (nSPS) is 14.7. The highest BCUT2D eigenvalue weighted by atomic mass is 16.7. The van der Waals surface area contributed by atoms with Crippen molar-refractivity contribution in [2.45, 2.75) is 32.2 Å². The SMILES string of the molecule is C=CCOC(=O)N[C@H](Cc1cccc(C)c1)C(=O)ON1C(=O)CCC1=O. The van der Waals surface area contributed by atoms with Gasteiger partial charge in [-0.05, 0) is 12.5 Å². The number of carbonyl (C=O) groups is 4. The van der Waals surface area contributed by atoms with Crippen LogP contribution < -0.4 is 5.32 Å². The third-order valence-electron chi connectivity index (χ3n) is 3.62. The quantitative estimate of drug-likeness (QED) is 0.583. The van der Waals surface area contributed by atoms with E-state index in [0.29, 0.717) is 5.06 Å². The maximum Gasteiger partial charge on any atom is 0.408 e. The molecule has 138 valence electrons. The Morgan fingerprint density at radius 3 is 2.62 bits per heavy atom. The Morgan fingerprint density at radius 2 is 2.00 bits per heavy atom. The molecule has 26 heavy (non-hydrogen) atoms. The summed E-state index contributed by atoms with van der Waals surface area (Å²) in [6.45, 7) is 5.30. The van der Waals surface area contributed by atoms with Gasteiger partial charge in [0.25, 0.3) is 11.8 Å². The van der Waals surface area contributed by atoms with Crippen LogP contribution in [0.3, 0.4) is 0 Å². The molecule has 0 bridgehead atoms. The lowest BCUT2D eigenvalue weighted by atomic mass is 10.0. The van der Waals surface area contributed by atoms with Gasteiger partial charge in [0.1, 0.15) is 12.6 Å². The predicted octanol–water partition coefficient (Wildman–Crippen LogP) is 1.43. The Hall–Kier alpha value is -3.16. The van der Waals surface area contributed by atoms with Crippen molar-refractivity contribution in [3.8, 4) is 0 Å². The van der Waals surface area contributed by atoms with Crippen molar-refractivity contribution in [3.63, 3.8) is 0 Å². The summed E-state index contributed by atoms with van der Waals surface area (Å²) in [6, 6.07) is 6.22. The van der Waals surface area contributed by atoms with Gasteiger partial charge in [0, 0.05) is 19.3 Å². The maximum atomic E-state index is 12.4. The Balaban J connectivity index is 2.11. The van der Waals surface area contributed by atoms with Crippen molar-refractivity contribution < 1.29 is 28.8 Å².